The Bertz CT molecular complexity index is 709. The number of hydrogen-bond acceptors (Lipinski definition) is 4. The lowest BCUT2D eigenvalue weighted by Crippen LogP contribution is -2.35. The molecule has 2 rings (SSSR count). The number of nitrogens with zero attached hydrogens (tertiary/aromatic N) is 2. The Balaban J connectivity index is 2.41. The third-order valence-corrected chi connectivity index (χ3v) is 3.28. The molecule has 6 nitrogen and oxygen atoms in total. The first-order valence-corrected chi connectivity index (χ1v) is 6.33. The van der Waals surface area contributed by atoms with Crippen LogP contribution in [0.15, 0.2) is 48.5 Å². The van der Waals surface area contributed by atoms with Crippen molar-refractivity contribution in [1.82, 2.24) is 0 Å². The van der Waals surface area contributed by atoms with Crippen LogP contribution in [0.1, 0.15) is 11.1 Å². The van der Waals surface area contributed by atoms with Gasteiger partial charge in [-0.2, -0.15) is 17.6 Å². The van der Waals surface area contributed by atoms with E-state index in [4.69, 9.17) is 0 Å². The second-order valence-corrected chi connectivity index (χ2v) is 4.76. The molecular formula is C14H8F4N2O4. The van der Waals surface area contributed by atoms with Crippen molar-refractivity contribution in [3.8, 4) is 0 Å². The molecule has 0 heterocycles. The van der Waals surface area contributed by atoms with Gasteiger partial charge in [0.05, 0.1) is 9.85 Å². The van der Waals surface area contributed by atoms with Gasteiger partial charge in [-0.3, -0.25) is 20.2 Å². The molecule has 0 saturated heterocycles. The van der Waals surface area contributed by atoms with Crippen LogP contribution < -0.4 is 0 Å². The van der Waals surface area contributed by atoms with Gasteiger partial charge in [-0.1, -0.05) is 0 Å². The van der Waals surface area contributed by atoms with E-state index >= 15 is 0 Å². The fourth-order valence-electron chi connectivity index (χ4n) is 1.95. The predicted molar refractivity (Wildman–Crippen MR) is 74.0 cm³/mol. The van der Waals surface area contributed by atoms with Crippen molar-refractivity contribution in [1.29, 1.82) is 0 Å². The normalized spacial score (nSPS) is 12.0. The van der Waals surface area contributed by atoms with E-state index in [0.717, 1.165) is 0 Å². The van der Waals surface area contributed by atoms with Crippen LogP contribution in [0.25, 0.3) is 0 Å². The highest BCUT2D eigenvalue weighted by molar-refractivity contribution is 5.39. The summed E-state index contributed by atoms with van der Waals surface area (Å²) in [4.78, 5) is 19.3. The molecule has 0 N–H and O–H groups in total. The van der Waals surface area contributed by atoms with Gasteiger partial charge in [-0.25, -0.2) is 0 Å². The maximum absolute atomic E-state index is 14.2. The summed E-state index contributed by atoms with van der Waals surface area (Å²) >= 11 is 0. The van der Waals surface area contributed by atoms with E-state index in [1.807, 2.05) is 0 Å². The highest BCUT2D eigenvalue weighted by Gasteiger charge is 2.58. The number of alkyl halides is 4. The van der Waals surface area contributed by atoms with E-state index in [9.17, 15) is 37.8 Å². The first kappa shape index (κ1) is 17.3. The number of nitro groups is 2. The summed E-state index contributed by atoms with van der Waals surface area (Å²) in [6.45, 7) is 0. The van der Waals surface area contributed by atoms with E-state index in [1.54, 1.807) is 0 Å². The Kier molecular flexibility index (Phi) is 4.24. The molecule has 2 aromatic carbocycles. The zero-order chi connectivity index (χ0) is 18.1. The summed E-state index contributed by atoms with van der Waals surface area (Å²) in [5.74, 6) is -9.34. The van der Waals surface area contributed by atoms with Crippen LogP contribution in [0, 0.1) is 20.2 Å². The van der Waals surface area contributed by atoms with E-state index < -0.39 is 44.2 Å². The zero-order valence-corrected chi connectivity index (χ0v) is 11.7. The summed E-state index contributed by atoms with van der Waals surface area (Å²) in [7, 11) is 0. The molecular weight excluding hydrogens is 336 g/mol. The van der Waals surface area contributed by atoms with Crippen molar-refractivity contribution >= 4 is 11.4 Å². The van der Waals surface area contributed by atoms with Crippen LogP contribution in [0.4, 0.5) is 28.9 Å². The Labute approximate surface area is 131 Å². The minimum Gasteiger partial charge on any atom is -0.258 e. The van der Waals surface area contributed by atoms with Crippen molar-refractivity contribution in [3.05, 3.63) is 79.9 Å². The van der Waals surface area contributed by atoms with Gasteiger partial charge in [0.15, 0.2) is 0 Å². The summed E-state index contributed by atoms with van der Waals surface area (Å²) in [5.41, 5.74) is -3.27. The third kappa shape index (κ3) is 2.90. The Morgan fingerprint density at radius 2 is 0.875 bits per heavy atom. The first-order valence-electron chi connectivity index (χ1n) is 6.33. The van der Waals surface area contributed by atoms with Crippen LogP contribution in [0.5, 0.6) is 0 Å². The van der Waals surface area contributed by atoms with Gasteiger partial charge in [0.25, 0.3) is 11.4 Å². The molecule has 0 aliphatic heterocycles. The highest BCUT2D eigenvalue weighted by Crippen LogP contribution is 2.49. The zero-order valence-electron chi connectivity index (χ0n) is 11.7. The molecule has 0 bridgehead atoms. The van der Waals surface area contributed by atoms with Crippen molar-refractivity contribution < 1.29 is 27.4 Å². The van der Waals surface area contributed by atoms with E-state index in [2.05, 4.69) is 0 Å². The SMILES string of the molecule is O=[N+]([O-])c1ccc(C(F)(F)C(F)(F)c2ccc([N+](=O)[O-])cc2)cc1. The van der Waals surface area contributed by atoms with Crippen molar-refractivity contribution in [3.63, 3.8) is 0 Å². The molecule has 0 aromatic heterocycles. The molecule has 0 saturated carbocycles. The second-order valence-electron chi connectivity index (χ2n) is 4.76. The monoisotopic (exact) mass is 344 g/mol. The molecule has 2 aromatic rings. The lowest BCUT2D eigenvalue weighted by molar-refractivity contribution is -0.385. The molecule has 24 heavy (non-hydrogen) atoms. The van der Waals surface area contributed by atoms with Crippen LogP contribution in [0.3, 0.4) is 0 Å². The maximum atomic E-state index is 14.2. The molecule has 0 spiro atoms. The number of hydrogen-bond donors (Lipinski definition) is 0. The average Bonchev–Trinajstić information content (AvgIpc) is 2.54. The van der Waals surface area contributed by atoms with Crippen LogP contribution >= 0.6 is 0 Å². The lowest BCUT2D eigenvalue weighted by atomic mass is 9.96. The van der Waals surface area contributed by atoms with Crippen LogP contribution in [-0.2, 0) is 11.8 Å². The van der Waals surface area contributed by atoms with E-state index in [-0.39, 0.29) is 0 Å². The molecule has 0 unspecified atom stereocenters. The summed E-state index contributed by atoms with van der Waals surface area (Å²) < 4.78 is 56.6. The molecule has 126 valence electrons. The lowest BCUT2D eigenvalue weighted by Gasteiger charge is -2.27. The standard InChI is InChI=1S/C14H8F4N2O4/c15-13(16,9-1-5-11(6-2-9)19(21)22)14(17,18)10-3-7-12(8-4-10)20(23)24/h1-8H. The van der Waals surface area contributed by atoms with Gasteiger partial charge < -0.3 is 0 Å². The van der Waals surface area contributed by atoms with E-state index in [1.165, 1.54) is 0 Å². The highest BCUT2D eigenvalue weighted by atomic mass is 19.3. The number of non-ortho nitro benzene ring substituents is 2. The van der Waals surface area contributed by atoms with Gasteiger partial charge in [-0.05, 0) is 24.3 Å². The second kappa shape index (κ2) is 5.87. The summed E-state index contributed by atoms with van der Waals surface area (Å²) in [5, 5.41) is 21.0. The van der Waals surface area contributed by atoms with Crippen LogP contribution in [-0.4, -0.2) is 9.85 Å². The molecule has 0 aliphatic rings. The van der Waals surface area contributed by atoms with Crippen molar-refractivity contribution in [2.45, 2.75) is 11.8 Å². The molecule has 0 aliphatic carbocycles. The first-order chi connectivity index (χ1) is 11.1. The maximum Gasteiger partial charge on any atom is 0.339 e. The number of rotatable bonds is 5. The minimum absolute atomic E-state index is 0.520. The summed E-state index contributed by atoms with van der Waals surface area (Å²) in [6.07, 6.45) is 0. The van der Waals surface area contributed by atoms with Crippen LogP contribution in [0.2, 0.25) is 0 Å². The topological polar surface area (TPSA) is 86.3 Å². The van der Waals surface area contributed by atoms with Crippen molar-refractivity contribution in [2.24, 2.45) is 0 Å². The van der Waals surface area contributed by atoms with Crippen molar-refractivity contribution in [2.75, 3.05) is 0 Å². The Hall–Kier alpha value is -3.04. The average molecular weight is 344 g/mol. The fourth-order valence-corrected chi connectivity index (χ4v) is 1.95. The minimum atomic E-state index is -4.67. The van der Waals surface area contributed by atoms with Gasteiger partial charge in [-0.15, -0.1) is 0 Å². The van der Waals surface area contributed by atoms with Gasteiger partial charge in [0, 0.05) is 35.4 Å². The predicted octanol–water partition coefficient (Wildman–Crippen LogP) is 4.39. The van der Waals surface area contributed by atoms with Gasteiger partial charge >= 0.3 is 11.8 Å². The molecule has 0 amide bonds. The smallest absolute Gasteiger partial charge is 0.258 e. The quantitative estimate of drug-likeness (QED) is 0.457. The van der Waals surface area contributed by atoms with E-state index in [0.29, 0.717) is 48.5 Å². The Morgan fingerprint density at radius 1 is 0.625 bits per heavy atom. The molecule has 0 atom stereocenters. The fraction of sp³-hybridized carbons (Fsp3) is 0.143. The molecule has 10 heteroatoms. The Morgan fingerprint density at radius 3 is 1.08 bits per heavy atom. The van der Waals surface area contributed by atoms with Gasteiger partial charge in [0.2, 0.25) is 0 Å². The van der Waals surface area contributed by atoms with Gasteiger partial charge in [0.1, 0.15) is 0 Å². The number of benzene rings is 2. The summed E-state index contributed by atoms with van der Waals surface area (Å²) in [6, 6.07) is 4.92. The number of halogens is 4. The largest absolute Gasteiger partial charge is 0.339 e. The molecule has 0 radical (unpaired) electrons. The third-order valence-electron chi connectivity index (χ3n) is 3.28. The number of nitro benzene ring substituents is 2. The molecule has 0 fully saturated rings.